The zero-order chi connectivity index (χ0) is 27.7. The van der Waals surface area contributed by atoms with E-state index in [0.717, 1.165) is 23.0 Å². The lowest BCUT2D eigenvalue weighted by molar-refractivity contribution is -0.147. The molecular formula is C26H27FN10O2. The average molecular weight is 531 g/mol. The molecule has 4 aromatic rings. The fourth-order valence-electron chi connectivity index (χ4n) is 4.41. The van der Waals surface area contributed by atoms with E-state index in [0.29, 0.717) is 28.8 Å². The molecule has 12 nitrogen and oxygen atoms in total. The molecule has 1 amide bonds. The highest BCUT2D eigenvalue weighted by atomic mass is 19.1. The monoisotopic (exact) mass is 530 g/mol. The van der Waals surface area contributed by atoms with Crippen LogP contribution < -0.4 is 15.5 Å². The van der Waals surface area contributed by atoms with Crippen molar-refractivity contribution < 1.29 is 13.9 Å². The first kappa shape index (κ1) is 25.8. The smallest absolute Gasteiger partial charge is 0.256 e. The Balaban J connectivity index is 1.28. The lowest BCUT2D eigenvalue weighted by atomic mass is 9.91. The predicted octanol–water partition coefficient (Wildman–Crippen LogP) is 2.84. The van der Waals surface area contributed by atoms with Crippen molar-refractivity contribution >= 4 is 23.4 Å². The lowest BCUT2D eigenvalue weighted by Gasteiger charge is -2.48. The van der Waals surface area contributed by atoms with E-state index >= 15 is 0 Å². The van der Waals surface area contributed by atoms with Crippen molar-refractivity contribution in [1.82, 2.24) is 35.3 Å². The molecule has 1 fully saturated rings. The normalized spacial score (nSPS) is 14.8. The molecule has 1 saturated heterocycles. The van der Waals surface area contributed by atoms with Crippen molar-refractivity contribution in [2.45, 2.75) is 32.4 Å². The summed E-state index contributed by atoms with van der Waals surface area (Å²) in [5.74, 6) is 1.33. The standard InChI is InChI=1S/C26H27FN10O2/c1-15-7-21(32-22-8-16(2)34-35-22)33-24(20(15)9-28)36-13-26(14-36,39-4)25(38)31-17(3)18-5-6-23(29-10-18)37-12-19(27)11-30-37/h5-8,10-12,17H,13-14H2,1-4H3,(H,31,38)(H2,32,33,34,35)/t17-/m0/s1. The predicted molar refractivity (Wildman–Crippen MR) is 140 cm³/mol. The summed E-state index contributed by atoms with van der Waals surface area (Å²) in [4.78, 5) is 24.1. The molecule has 0 unspecified atom stereocenters. The van der Waals surface area contributed by atoms with Crippen LogP contribution in [0, 0.1) is 31.0 Å². The number of halogens is 1. The van der Waals surface area contributed by atoms with E-state index in [1.807, 2.05) is 31.7 Å². The summed E-state index contributed by atoms with van der Waals surface area (Å²) in [7, 11) is 1.49. The highest BCUT2D eigenvalue weighted by Crippen LogP contribution is 2.34. The van der Waals surface area contributed by atoms with Gasteiger partial charge in [-0.3, -0.25) is 9.89 Å². The van der Waals surface area contributed by atoms with Gasteiger partial charge in [0.2, 0.25) is 0 Å². The largest absolute Gasteiger partial charge is 0.365 e. The Morgan fingerprint density at radius 3 is 2.64 bits per heavy atom. The van der Waals surface area contributed by atoms with Crippen LogP contribution in [0.3, 0.4) is 0 Å². The van der Waals surface area contributed by atoms with Crippen LogP contribution in [0.5, 0.6) is 0 Å². The van der Waals surface area contributed by atoms with Crippen molar-refractivity contribution in [2.75, 3.05) is 30.4 Å². The van der Waals surface area contributed by atoms with Gasteiger partial charge < -0.3 is 20.3 Å². The number of aryl methyl sites for hydroxylation is 2. The number of amides is 1. The van der Waals surface area contributed by atoms with Crippen LogP contribution in [0.2, 0.25) is 0 Å². The number of hydrogen-bond acceptors (Lipinski definition) is 9. The van der Waals surface area contributed by atoms with Crippen LogP contribution in [-0.2, 0) is 9.53 Å². The first-order valence-corrected chi connectivity index (χ1v) is 12.2. The lowest BCUT2D eigenvalue weighted by Crippen LogP contribution is -2.70. The van der Waals surface area contributed by atoms with Gasteiger partial charge in [-0.15, -0.1) is 0 Å². The topological polar surface area (TPSA) is 150 Å². The number of H-pyrrole nitrogens is 1. The van der Waals surface area contributed by atoms with Gasteiger partial charge in [0.15, 0.2) is 23.1 Å². The van der Waals surface area contributed by atoms with Gasteiger partial charge in [-0.1, -0.05) is 6.07 Å². The molecule has 5 rings (SSSR count). The van der Waals surface area contributed by atoms with Crippen molar-refractivity contribution in [1.29, 1.82) is 5.26 Å². The van der Waals surface area contributed by atoms with Crippen LogP contribution in [0.25, 0.3) is 5.82 Å². The Hall–Kier alpha value is -4.83. The minimum atomic E-state index is -1.11. The Morgan fingerprint density at radius 1 is 1.26 bits per heavy atom. The molecule has 0 bridgehead atoms. The van der Waals surface area contributed by atoms with Gasteiger partial charge in [-0.05, 0) is 44.0 Å². The van der Waals surface area contributed by atoms with Gasteiger partial charge in [-0.2, -0.15) is 15.5 Å². The van der Waals surface area contributed by atoms with Crippen molar-refractivity contribution in [3.63, 3.8) is 0 Å². The quantitative estimate of drug-likeness (QED) is 0.312. The molecule has 0 aliphatic carbocycles. The number of nitrogens with zero attached hydrogens (tertiary/aromatic N) is 7. The molecule has 39 heavy (non-hydrogen) atoms. The van der Waals surface area contributed by atoms with E-state index in [1.165, 1.54) is 18.0 Å². The summed E-state index contributed by atoms with van der Waals surface area (Å²) in [5, 5.41) is 26.9. The van der Waals surface area contributed by atoms with Gasteiger partial charge in [0, 0.05) is 25.1 Å². The van der Waals surface area contributed by atoms with E-state index in [-0.39, 0.29) is 25.0 Å². The molecule has 5 heterocycles. The van der Waals surface area contributed by atoms with Crippen molar-refractivity contribution in [3.05, 3.63) is 71.1 Å². The van der Waals surface area contributed by atoms with Crippen LogP contribution in [0.1, 0.15) is 35.3 Å². The molecule has 4 aromatic heterocycles. The number of nitriles is 1. The number of rotatable bonds is 8. The van der Waals surface area contributed by atoms with Crippen LogP contribution in [0.15, 0.2) is 42.9 Å². The van der Waals surface area contributed by atoms with E-state index < -0.39 is 11.4 Å². The zero-order valence-corrected chi connectivity index (χ0v) is 21.9. The van der Waals surface area contributed by atoms with Crippen molar-refractivity contribution in [2.24, 2.45) is 0 Å². The number of ether oxygens (including phenoxy) is 1. The number of pyridine rings is 2. The number of nitrogens with one attached hydrogen (secondary N) is 3. The Morgan fingerprint density at radius 2 is 2.05 bits per heavy atom. The average Bonchev–Trinajstić information content (AvgIpc) is 3.51. The zero-order valence-electron chi connectivity index (χ0n) is 21.9. The minimum absolute atomic E-state index is 0.218. The molecular weight excluding hydrogens is 503 g/mol. The first-order valence-electron chi connectivity index (χ1n) is 12.2. The molecule has 0 saturated carbocycles. The molecule has 1 aliphatic heterocycles. The third-order valence-corrected chi connectivity index (χ3v) is 6.67. The van der Waals surface area contributed by atoms with Crippen molar-refractivity contribution in [3.8, 4) is 11.9 Å². The van der Waals surface area contributed by atoms with Gasteiger partial charge in [0.05, 0.1) is 37.1 Å². The number of anilines is 3. The van der Waals surface area contributed by atoms with E-state index in [9.17, 15) is 14.4 Å². The fourth-order valence-corrected chi connectivity index (χ4v) is 4.41. The molecule has 3 N–H and O–H groups in total. The second kappa shape index (κ2) is 10.1. The number of hydrogen-bond donors (Lipinski definition) is 3. The SMILES string of the molecule is COC1(C(=O)N[C@@H](C)c2ccc(-n3cc(F)cn3)nc2)CN(c2nc(Nc3cc(C)[nH]n3)cc(C)c2C#N)C1. The highest BCUT2D eigenvalue weighted by Gasteiger charge is 2.51. The fraction of sp³-hybridized carbons (Fsp3) is 0.308. The second-order valence-corrected chi connectivity index (χ2v) is 9.50. The molecule has 13 heteroatoms. The Kier molecular flexibility index (Phi) is 6.71. The van der Waals surface area contributed by atoms with E-state index in [4.69, 9.17) is 4.74 Å². The number of carbonyl (C=O) groups excluding carboxylic acids is 1. The molecule has 1 atom stereocenters. The van der Waals surface area contributed by atoms with Crippen LogP contribution >= 0.6 is 0 Å². The highest BCUT2D eigenvalue weighted by molar-refractivity contribution is 5.89. The molecule has 200 valence electrons. The first-order chi connectivity index (χ1) is 18.7. The van der Waals surface area contributed by atoms with Crippen LogP contribution in [-0.4, -0.2) is 61.7 Å². The van der Waals surface area contributed by atoms with Gasteiger partial charge >= 0.3 is 0 Å². The van der Waals surface area contributed by atoms with Gasteiger partial charge in [-0.25, -0.2) is 19.0 Å². The summed E-state index contributed by atoms with van der Waals surface area (Å²) in [6, 6.07) is 8.99. The van der Waals surface area contributed by atoms with Gasteiger partial charge in [0.1, 0.15) is 17.7 Å². The minimum Gasteiger partial charge on any atom is -0.365 e. The number of carbonyl (C=O) groups is 1. The maximum atomic E-state index is 13.3. The molecule has 0 aromatic carbocycles. The maximum Gasteiger partial charge on any atom is 0.256 e. The third kappa shape index (κ3) is 5.01. The van der Waals surface area contributed by atoms with E-state index in [1.54, 1.807) is 24.4 Å². The Bertz CT molecular complexity index is 1550. The summed E-state index contributed by atoms with van der Waals surface area (Å²) < 4.78 is 20.3. The summed E-state index contributed by atoms with van der Waals surface area (Å²) in [6.07, 6.45) is 3.95. The van der Waals surface area contributed by atoms with Crippen LogP contribution in [0.4, 0.5) is 21.8 Å². The number of aromatic nitrogens is 6. The molecule has 0 radical (unpaired) electrons. The number of methoxy groups -OCH3 is 1. The number of aromatic amines is 1. The maximum absolute atomic E-state index is 13.3. The molecule has 1 aliphatic rings. The van der Waals surface area contributed by atoms with E-state index in [2.05, 4.69) is 42.0 Å². The summed E-state index contributed by atoms with van der Waals surface area (Å²) in [5.41, 5.74) is 1.73. The van der Waals surface area contributed by atoms with Gasteiger partial charge in [0.25, 0.3) is 5.91 Å². The summed E-state index contributed by atoms with van der Waals surface area (Å²) in [6.45, 7) is 6.01. The molecule has 0 spiro atoms. The second-order valence-electron chi connectivity index (χ2n) is 9.50. The third-order valence-electron chi connectivity index (χ3n) is 6.67. The summed E-state index contributed by atoms with van der Waals surface area (Å²) >= 11 is 0. The Labute approximate surface area is 223 Å².